The van der Waals surface area contributed by atoms with Crippen LogP contribution in [0, 0.1) is 0 Å². The fourth-order valence-electron chi connectivity index (χ4n) is 1.42. The molecule has 0 amide bonds. The highest BCUT2D eigenvalue weighted by Gasteiger charge is 2.45. The lowest BCUT2D eigenvalue weighted by atomic mass is 10.2. The molecule has 0 unspecified atom stereocenters. The summed E-state index contributed by atoms with van der Waals surface area (Å²) in [6.45, 7) is 4.30. The van der Waals surface area contributed by atoms with Gasteiger partial charge >= 0.3 is 8.80 Å². The zero-order valence-electron chi connectivity index (χ0n) is 10.8. The molecule has 16 heavy (non-hydrogen) atoms. The van der Waals surface area contributed by atoms with Crippen LogP contribution < -0.4 is 5.73 Å². The highest BCUT2D eigenvalue weighted by Crippen LogP contribution is 2.26. The number of hydrogen-bond donors (Lipinski definition) is 2. The summed E-state index contributed by atoms with van der Waals surface area (Å²) in [4.78, 5) is 0. The van der Waals surface area contributed by atoms with Gasteiger partial charge in [0.1, 0.15) is 0 Å². The van der Waals surface area contributed by atoms with Gasteiger partial charge in [0, 0.05) is 20.3 Å². The van der Waals surface area contributed by atoms with Gasteiger partial charge in [-0.15, -0.1) is 0 Å². The molecule has 0 aliphatic carbocycles. The van der Waals surface area contributed by atoms with E-state index in [2.05, 4.69) is 0 Å². The molecule has 98 valence electrons. The lowest BCUT2D eigenvalue weighted by molar-refractivity contribution is -0.174. The molecule has 3 N–H and O–H groups in total. The molecule has 0 heterocycles. The molecule has 0 spiro atoms. The van der Waals surface area contributed by atoms with E-state index in [9.17, 15) is 5.11 Å². The Morgan fingerprint density at radius 1 is 1.19 bits per heavy atom. The molecule has 0 aromatic heterocycles. The van der Waals surface area contributed by atoms with Gasteiger partial charge in [-0.1, -0.05) is 13.8 Å². The van der Waals surface area contributed by atoms with Crippen molar-refractivity contribution < 1.29 is 18.4 Å². The standard InChI is InChI=1S/C10H25NO4Si/c1-5-10(12,6-2)15-16(13-3,14-4)9-7-8-11/h12H,5-9,11H2,1-4H3. The molecule has 0 saturated heterocycles. The highest BCUT2D eigenvalue weighted by molar-refractivity contribution is 6.60. The molecular formula is C10H25NO4Si. The van der Waals surface area contributed by atoms with Crippen molar-refractivity contribution in [1.29, 1.82) is 0 Å². The van der Waals surface area contributed by atoms with Crippen LogP contribution in [0.2, 0.25) is 6.04 Å². The molecule has 0 saturated carbocycles. The third-order valence-electron chi connectivity index (χ3n) is 2.76. The zero-order valence-corrected chi connectivity index (χ0v) is 11.8. The van der Waals surface area contributed by atoms with E-state index in [1.165, 1.54) is 0 Å². The van der Waals surface area contributed by atoms with Crippen LogP contribution in [0.3, 0.4) is 0 Å². The van der Waals surface area contributed by atoms with Crippen LogP contribution in [0.25, 0.3) is 0 Å². The van der Waals surface area contributed by atoms with Gasteiger partial charge in [-0.3, -0.25) is 0 Å². The van der Waals surface area contributed by atoms with Gasteiger partial charge in [-0.2, -0.15) is 0 Å². The van der Waals surface area contributed by atoms with Gasteiger partial charge in [0.2, 0.25) is 0 Å². The Morgan fingerprint density at radius 2 is 1.69 bits per heavy atom. The van der Waals surface area contributed by atoms with E-state index in [1.54, 1.807) is 14.2 Å². The molecule has 0 aromatic carbocycles. The van der Waals surface area contributed by atoms with Crippen LogP contribution in [0.5, 0.6) is 0 Å². The van der Waals surface area contributed by atoms with Crippen molar-refractivity contribution in [2.24, 2.45) is 5.73 Å². The fourth-order valence-corrected chi connectivity index (χ4v) is 3.77. The van der Waals surface area contributed by atoms with Gasteiger partial charge in [0.15, 0.2) is 5.79 Å². The first kappa shape index (κ1) is 16.0. The SMILES string of the molecule is CCC(O)(CC)O[Si](CCCN)(OC)OC. The number of aliphatic hydroxyl groups is 1. The second-order valence-corrected chi connectivity index (χ2v) is 6.63. The van der Waals surface area contributed by atoms with Crippen molar-refractivity contribution in [2.45, 2.75) is 44.9 Å². The van der Waals surface area contributed by atoms with E-state index in [-0.39, 0.29) is 0 Å². The topological polar surface area (TPSA) is 73.9 Å². The minimum atomic E-state index is -2.77. The molecule has 0 atom stereocenters. The molecule has 5 nitrogen and oxygen atoms in total. The maximum atomic E-state index is 10.1. The first-order valence-electron chi connectivity index (χ1n) is 5.74. The molecule has 0 aliphatic rings. The summed E-state index contributed by atoms with van der Waals surface area (Å²) in [5, 5.41) is 10.1. The van der Waals surface area contributed by atoms with Crippen molar-refractivity contribution in [3.8, 4) is 0 Å². The summed E-state index contributed by atoms with van der Waals surface area (Å²) >= 11 is 0. The summed E-state index contributed by atoms with van der Waals surface area (Å²) in [5.74, 6) is -1.16. The molecule has 0 rings (SSSR count). The van der Waals surface area contributed by atoms with Crippen molar-refractivity contribution in [3.05, 3.63) is 0 Å². The van der Waals surface area contributed by atoms with E-state index in [1.807, 2.05) is 13.8 Å². The van der Waals surface area contributed by atoms with Crippen LogP contribution in [0.4, 0.5) is 0 Å². The van der Waals surface area contributed by atoms with E-state index < -0.39 is 14.6 Å². The Balaban J connectivity index is 4.63. The Kier molecular flexibility index (Phi) is 7.37. The van der Waals surface area contributed by atoms with E-state index in [4.69, 9.17) is 19.0 Å². The number of nitrogens with two attached hydrogens (primary N) is 1. The molecule has 0 fully saturated rings. The maximum absolute atomic E-state index is 10.1. The van der Waals surface area contributed by atoms with Crippen LogP contribution in [0.1, 0.15) is 33.1 Å². The lowest BCUT2D eigenvalue weighted by Crippen LogP contribution is -2.51. The highest BCUT2D eigenvalue weighted by atomic mass is 28.4. The summed E-state index contributed by atoms with van der Waals surface area (Å²) in [6.07, 6.45) is 1.78. The summed E-state index contributed by atoms with van der Waals surface area (Å²) in [7, 11) is 0.335. The number of hydrogen-bond acceptors (Lipinski definition) is 5. The Labute approximate surface area is 99.2 Å². The van der Waals surface area contributed by atoms with E-state index >= 15 is 0 Å². The van der Waals surface area contributed by atoms with Crippen LogP contribution in [-0.2, 0) is 13.3 Å². The number of rotatable bonds is 9. The minimum Gasteiger partial charge on any atom is -0.377 e. The van der Waals surface area contributed by atoms with Gasteiger partial charge < -0.3 is 24.1 Å². The largest absolute Gasteiger partial charge is 0.502 e. The molecule has 0 aromatic rings. The Morgan fingerprint density at radius 3 is 2.00 bits per heavy atom. The third-order valence-corrected chi connectivity index (χ3v) is 5.66. The van der Waals surface area contributed by atoms with Crippen molar-refractivity contribution in [3.63, 3.8) is 0 Å². The van der Waals surface area contributed by atoms with Gasteiger partial charge in [0.05, 0.1) is 0 Å². The smallest absolute Gasteiger partial charge is 0.377 e. The van der Waals surface area contributed by atoms with Crippen molar-refractivity contribution >= 4 is 8.80 Å². The first-order valence-corrected chi connectivity index (χ1v) is 7.67. The molecule has 0 radical (unpaired) electrons. The monoisotopic (exact) mass is 251 g/mol. The van der Waals surface area contributed by atoms with Gasteiger partial charge in [-0.05, 0) is 25.8 Å². The molecule has 0 bridgehead atoms. The predicted molar refractivity (Wildman–Crippen MR) is 64.9 cm³/mol. The average molecular weight is 251 g/mol. The van der Waals surface area contributed by atoms with Gasteiger partial charge in [0.25, 0.3) is 0 Å². The zero-order chi connectivity index (χ0) is 12.7. The quantitative estimate of drug-likeness (QED) is 0.474. The average Bonchev–Trinajstić information content (AvgIpc) is 2.34. The Hall–Kier alpha value is 0.0169. The first-order chi connectivity index (χ1) is 7.51. The normalized spacial score (nSPS) is 13.1. The second-order valence-electron chi connectivity index (χ2n) is 3.74. The third kappa shape index (κ3) is 4.48. The summed E-state index contributed by atoms with van der Waals surface area (Å²) in [6, 6.07) is 0.624. The van der Waals surface area contributed by atoms with Crippen LogP contribution in [0.15, 0.2) is 0 Å². The molecule has 6 heteroatoms. The molecular weight excluding hydrogens is 226 g/mol. The summed E-state index contributed by atoms with van der Waals surface area (Å²) < 4.78 is 16.5. The van der Waals surface area contributed by atoms with E-state index in [0.29, 0.717) is 25.4 Å². The molecule has 0 aliphatic heterocycles. The summed E-state index contributed by atoms with van der Waals surface area (Å²) in [5.41, 5.74) is 5.47. The van der Waals surface area contributed by atoms with Crippen molar-refractivity contribution in [1.82, 2.24) is 0 Å². The van der Waals surface area contributed by atoms with Crippen LogP contribution in [-0.4, -0.2) is 40.5 Å². The predicted octanol–water partition coefficient (Wildman–Crippen LogP) is 1.09. The van der Waals surface area contributed by atoms with E-state index in [0.717, 1.165) is 6.42 Å². The minimum absolute atomic E-state index is 0.508. The lowest BCUT2D eigenvalue weighted by Gasteiger charge is -2.35. The van der Waals surface area contributed by atoms with Crippen molar-refractivity contribution in [2.75, 3.05) is 20.8 Å². The van der Waals surface area contributed by atoms with Gasteiger partial charge in [-0.25, -0.2) is 0 Å². The second kappa shape index (κ2) is 7.36. The Bertz CT molecular complexity index is 184. The van der Waals surface area contributed by atoms with Crippen LogP contribution >= 0.6 is 0 Å². The maximum Gasteiger partial charge on any atom is 0.502 e. The fraction of sp³-hybridized carbons (Fsp3) is 1.00.